The Hall–Kier alpha value is -3.40. The number of para-hydroxylation sites is 1. The number of methoxy groups -OCH3 is 2. The Kier molecular flexibility index (Phi) is 4.01. The zero-order valence-electron chi connectivity index (χ0n) is 14.5. The van der Waals surface area contributed by atoms with Gasteiger partial charge in [-0.1, -0.05) is 12.1 Å². The molecule has 1 aromatic heterocycles. The van der Waals surface area contributed by atoms with E-state index in [-0.39, 0.29) is 5.78 Å². The Morgan fingerprint density at radius 2 is 1.54 bits per heavy atom. The lowest BCUT2D eigenvalue weighted by Crippen LogP contribution is -2.03. The number of fused-ring (bicyclic) bond motifs is 2. The average molecular weight is 343 g/mol. The second kappa shape index (κ2) is 6.48. The van der Waals surface area contributed by atoms with Gasteiger partial charge in [0.1, 0.15) is 11.5 Å². The second-order valence-corrected chi connectivity index (χ2v) is 5.98. The largest absolute Gasteiger partial charge is 0.497 e. The smallest absolute Gasteiger partial charge is 0.195 e. The third-order valence-corrected chi connectivity index (χ3v) is 4.44. The summed E-state index contributed by atoms with van der Waals surface area (Å²) in [6.45, 7) is 0. The molecule has 0 amide bonds. The number of ether oxygens (including phenoxy) is 2. The van der Waals surface area contributed by atoms with E-state index in [4.69, 9.17) is 14.5 Å². The van der Waals surface area contributed by atoms with Crippen molar-refractivity contribution < 1.29 is 14.3 Å². The Morgan fingerprint density at radius 3 is 2.27 bits per heavy atom. The summed E-state index contributed by atoms with van der Waals surface area (Å²) in [5, 5.41) is 1.94. The molecule has 0 saturated heterocycles. The summed E-state index contributed by atoms with van der Waals surface area (Å²) < 4.78 is 10.4. The minimum atomic E-state index is -0.0620. The lowest BCUT2D eigenvalue weighted by molar-refractivity contribution is 0.104. The molecular weight excluding hydrogens is 326 g/mol. The molecule has 0 aliphatic rings. The van der Waals surface area contributed by atoms with Gasteiger partial charge in [0.2, 0.25) is 0 Å². The van der Waals surface area contributed by atoms with Gasteiger partial charge in [0.15, 0.2) is 5.78 Å². The zero-order chi connectivity index (χ0) is 18.1. The fourth-order valence-electron chi connectivity index (χ4n) is 3.04. The number of aromatic nitrogens is 1. The maximum Gasteiger partial charge on any atom is 0.195 e. The van der Waals surface area contributed by atoms with Crippen LogP contribution in [0.2, 0.25) is 0 Å². The van der Waals surface area contributed by atoms with Gasteiger partial charge in [0, 0.05) is 28.0 Å². The van der Waals surface area contributed by atoms with Crippen LogP contribution in [-0.2, 0) is 0 Å². The van der Waals surface area contributed by atoms with Crippen molar-refractivity contribution in [3.63, 3.8) is 0 Å². The van der Waals surface area contributed by atoms with Crippen LogP contribution >= 0.6 is 0 Å². The van der Waals surface area contributed by atoms with Crippen LogP contribution in [0.4, 0.5) is 0 Å². The topological polar surface area (TPSA) is 48.4 Å². The van der Waals surface area contributed by atoms with Crippen LogP contribution in [0.15, 0.2) is 66.7 Å². The summed E-state index contributed by atoms with van der Waals surface area (Å²) in [7, 11) is 3.23. The van der Waals surface area contributed by atoms with E-state index >= 15 is 0 Å². The highest BCUT2D eigenvalue weighted by Crippen LogP contribution is 2.27. The molecule has 0 spiro atoms. The first kappa shape index (κ1) is 16.1. The van der Waals surface area contributed by atoms with Crippen LogP contribution in [0.3, 0.4) is 0 Å². The zero-order valence-corrected chi connectivity index (χ0v) is 14.5. The van der Waals surface area contributed by atoms with Gasteiger partial charge >= 0.3 is 0 Å². The maximum atomic E-state index is 13.0. The standard InChI is InChI=1S/C22H17NO3/c1-25-17-9-6-14(7-10-17)22(24)19-5-3-4-16-12-15-8-11-18(26-2)13-20(15)23-21(16)19/h3-13H,1-2H3. The number of pyridine rings is 1. The van der Waals surface area contributed by atoms with Crippen molar-refractivity contribution >= 4 is 27.6 Å². The minimum absolute atomic E-state index is 0.0620. The predicted octanol–water partition coefficient (Wildman–Crippen LogP) is 4.64. The molecule has 0 aliphatic carbocycles. The Morgan fingerprint density at radius 1 is 0.808 bits per heavy atom. The molecular formula is C22H17NO3. The third kappa shape index (κ3) is 2.75. The van der Waals surface area contributed by atoms with Crippen molar-refractivity contribution in [1.29, 1.82) is 0 Å². The number of ketones is 1. The molecule has 128 valence electrons. The summed E-state index contributed by atoms with van der Waals surface area (Å²) in [5.74, 6) is 1.40. The summed E-state index contributed by atoms with van der Waals surface area (Å²) in [4.78, 5) is 17.8. The highest BCUT2D eigenvalue weighted by molar-refractivity contribution is 6.16. The first-order valence-corrected chi connectivity index (χ1v) is 8.26. The third-order valence-electron chi connectivity index (χ3n) is 4.44. The molecule has 4 aromatic rings. The van der Waals surface area contributed by atoms with Gasteiger partial charge in [-0.15, -0.1) is 0 Å². The van der Waals surface area contributed by atoms with E-state index in [1.165, 1.54) is 0 Å². The van der Waals surface area contributed by atoms with E-state index < -0.39 is 0 Å². The molecule has 4 heteroatoms. The van der Waals surface area contributed by atoms with E-state index in [2.05, 4.69) is 0 Å². The van der Waals surface area contributed by atoms with Crippen LogP contribution in [0.25, 0.3) is 21.8 Å². The van der Waals surface area contributed by atoms with Crippen LogP contribution in [0, 0.1) is 0 Å². The van der Waals surface area contributed by atoms with E-state index in [0.717, 1.165) is 27.8 Å². The van der Waals surface area contributed by atoms with Gasteiger partial charge < -0.3 is 9.47 Å². The molecule has 0 atom stereocenters. The average Bonchev–Trinajstić information content (AvgIpc) is 2.71. The summed E-state index contributed by atoms with van der Waals surface area (Å²) in [6.07, 6.45) is 0. The molecule has 0 aliphatic heterocycles. The van der Waals surface area contributed by atoms with Crippen LogP contribution < -0.4 is 9.47 Å². The van der Waals surface area contributed by atoms with Crippen molar-refractivity contribution in [2.75, 3.05) is 14.2 Å². The van der Waals surface area contributed by atoms with Crippen molar-refractivity contribution in [3.05, 3.63) is 77.9 Å². The number of benzene rings is 3. The molecule has 0 radical (unpaired) electrons. The summed E-state index contributed by atoms with van der Waals surface area (Å²) >= 11 is 0. The number of carbonyl (C=O) groups excluding carboxylic acids is 1. The van der Waals surface area contributed by atoms with Gasteiger partial charge in [-0.05, 0) is 48.5 Å². The van der Waals surface area contributed by atoms with Crippen LogP contribution in [0.5, 0.6) is 11.5 Å². The maximum absolute atomic E-state index is 13.0. The van der Waals surface area contributed by atoms with E-state index in [9.17, 15) is 4.79 Å². The van der Waals surface area contributed by atoms with Crippen molar-refractivity contribution in [1.82, 2.24) is 4.98 Å². The fraction of sp³-hybridized carbons (Fsp3) is 0.0909. The number of hydrogen-bond donors (Lipinski definition) is 0. The quantitative estimate of drug-likeness (QED) is 0.400. The highest BCUT2D eigenvalue weighted by Gasteiger charge is 2.14. The number of hydrogen-bond acceptors (Lipinski definition) is 4. The second-order valence-electron chi connectivity index (χ2n) is 5.98. The monoisotopic (exact) mass is 343 g/mol. The number of nitrogens with zero attached hydrogens (tertiary/aromatic N) is 1. The molecule has 0 N–H and O–H groups in total. The Labute approximate surface area is 151 Å². The van der Waals surface area contributed by atoms with Gasteiger partial charge in [-0.3, -0.25) is 4.79 Å². The van der Waals surface area contributed by atoms with E-state index in [1.54, 1.807) is 38.5 Å². The van der Waals surface area contributed by atoms with Crippen LogP contribution in [-0.4, -0.2) is 25.0 Å². The lowest BCUT2D eigenvalue weighted by Gasteiger charge is -2.08. The Bertz CT molecular complexity index is 1120. The predicted molar refractivity (Wildman–Crippen MR) is 102 cm³/mol. The lowest BCUT2D eigenvalue weighted by atomic mass is 9.99. The Balaban J connectivity index is 1.87. The van der Waals surface area contributed by atoms with Crippen molar-refractivity contribution in [3.8, 4) is 11.5 Å². The molecule has 0 saturated carbocycles. The first-order chi connectivity index (χ1) is 12.7. The summed E-state index contributed by atoms with van der Waals surface area (Å²) in [5.41, 5.74) is 2.67. The van der Waals surface area contributed by atoms with Crippen molar-refractivity contribution in [2.45, 2.75) is 0 Å². The molecule has 0 fully saturated rings. The summed E-state index contributed by atoms with van der Waals surface area (Å²) in [6, 6.07) is 20.6. The van der Waals surface area contributed by atoms with E-state index in [0.29, 0.717) is 16.6 Å². The normalized spacial score (nSPS) is 10.8. The SMILES string of the molecule is COc1ccc(C(=O)c2cccc3cc4ccc(OC)cc4nc23)cc1. The molecule has 3 aromatic carbocycles. The minimum Gasteiger partial charge on any atom is -0.497 e. The molecule has 0 unspecified atom stereocenters. The van der Waals surface area contributed by atoms with Crippen molar-refractivity contribution in [2.24, 2.45) is 0 Å². The highest BCUT2D eigenvalue weighted by atomic mass is 16.5. The van der Waals surface area contributed by atoms with Gasteiger partial charge in [-0.25, -0.2) is 4.98 Å². The van der Waals surface area contributed by atoms with Gasteiger partial charge in [0.25, 0.3) is 0 Å². The van der Waals surface area contributed by atoms with E-state index in [1.807, 2.05) is 42.5 Å². The van der Waals surface area contributed by atoms with Crippen LogP contribution in [0.1, 0.15) is 15.9 Å². The molecule has 1 heterocycles. The fourth-order valence-corrected chi connectivity index (χ4v) is 3.04. The first-order valence-electron chi connectivity index (χ1n) is 8.26. The molecule has 4 rings (SSSR count). The molecule has 4 nitrogen and oxygen atoms in total. The number of carbonyl (C=O) groups is 1. The number of rotatable bonds is 4. The van der Waals surface area contributed by atoms with Gasteiger partial charge in [0.05, 0.1) is 25.3 Å². The molecule has 26 heavy (non-hydrogen) atoms. The van der Waals surface area contributed by atoms with Gasteiger partial charge in [-0.2, -0.15) is 0 Å². The molecule has 0 bridgehead atoms.